The summed E-state index contributed by atoms with van der Waals surface area (Å²) in [7, 11) is 0.883. The molecule has 0 aromatic rings. The Morgan fingerprint density at radius 3 is 2.77 bits per heavy atom. The van der Waals surface area contributed by atoms with Crippen molar-refractivity contribution in [1.82, 2.24) is 5.23 Å². The highest BCUT2D eigenvalue weighted by Crippen LogP contribution is 2.16. The van der Waals surface area contributed by atoms with Gasteiger partial charge in [-0.2, -0.15) is 0 Å². The van der Waals surface area contributed by atoms with E-state index in [2.05, 4.69) is 5.23 Å². The number of aliphatic hydroxyl groups excluding tert-OH is 2. The second kappa shape index (κ2) is 5.56. The van der Waals surface area contributed by atoms with Gasteiger partial charge in [-0.1, -0.05) is 0 Å². The van der Waals surface area contributed by atoms with Crippen molar-refractivity contribution in [3.05, 3.63) is 0 Å². The number of rotatable bonds is 4. The Bertz CT molecular complexity index is 148. The summed E-state index contributed by atoms with van der Waals surface area (Å²) in [5.41, 5.74) is 0. The van der Waals surface area contributed by atoms with Crippen molar-refractivity contribution in [2.75, 3.05) is 13.2 Å². The average molecular weight is 188 g/mol. The van der Waals surface area contributed by atoms with Gasteiger partial charge in [0.15, 0.2) is 0 Å². The Morgan fingerprint density at radius 1 is 1.38 bits per heavy atom. The molecule has 1 aliphatic rings. The van der Waals surface area contributed by atoms with Gasteiger partial charge in [0, 0.05) is 6.42 Å². The monoisotopic (exact) mass is 188 g/mol. The Labute approximate surface area is 78.0 Å². The standard InChI is InChI=1S/C7H15BNO4/c10-6-3-5(1-2-9-8-12)13-4-7(6)11/h5-7,9-12H,1-4H2. The van der Waals surface area contributed by atoms with Gasteiger partial charge in [0.25, 0.3) is 0 Å². The molecule has 1 aliphatic heterocycles. The van der Waals surface area contributed by atoms with Crippen molar-refractivity contribution < 1.29 is 20.0 Å². The molecule has 6 heteroatoms. The molecule has 13 heavy (non-hydrogen) atoms. The highest BCUT2D eigenvalue weighted by atomic mass is 16.5. The molecule has 0 aromatic carbocycles. The second-order valence-corrected chi connectivity index (χ2v) is 3.20. The molecule has 0 bridgehead atoms. The van der Waals surface area contributed by atoms with E-state index in [1.165, 1.54) is 0 Å². The van der Waals surface area contributed by atoms with Crippen molar-refractivity contribution in [2.24, 2.45) is 0 Å². The molecule has 0 saturated carbocycles. The maximum absolute atomic E-state index is 9.30. The molecule has 0 amide bonds. The van der Waals surface area contributed by atoms with E-state index in [0.29, 0.717) is 19.4 Å². The zero-order valence-corrected chi connectivity index (χ0v) is 7.39. The summed E-state index contributed by atoms with van der Waals surface area (Å²) in [6.45, 7) is 0.790. The zero-order valence-electron chi connectivity index (χ0n) is 7.39. The number of ether oxygens (including phenoxy) is 1. The van der Waals surface area contributed by atoms with Gasteiger partial charge >= 0.3 is 7.62 Å². The summed E-state index contributed by atoms with van der Waals surface area (Å²) in [6, 6.07) is 0. The minimum atomic E-state index is -0.756. The lowest BCUT2D eigenvalue weighted by Crippen LogP contribution is -2.42. The third-order valence-electron chi connectivity index (χ3n) is 2.15. The van der Waals surface area contributed by atoms with Crippen molar-refractivity contribution in [3.63, 3.8) is 0 Å². The van der Waals surface area contributed by atoms with E-state index in [1.54, 1.807) is 0 Å². The van der Waals surface area contributed by atoms with Gasteiger partial charge in [0.2, 0.25) is 0 Å². The molecule has 1 radical (unpaired) electrons. The molecule has 5 nitrogen and oxygen atoms in total. The molecule has 3 atom stereocenters. The topological polar surface area (TPSA) is 82.0 Å². The lowest BCUT2D eigenvalue weighted by Gasteiger charge is -2.30. The first-order valence-corrected chi connectivity index (χ1v) is 4.41. The molecule has 0 aliphatic carbocycles. The van der Waals surface area contributed by atoms with E-state index in [0.717, 1.165) is 7.62 Å². The lowest BCUT2D eigenvalue weighted by atomic mass is 10.0. The van der Waals surface area contributed by atoms with E-state index in [-0.39, 0.29) is 12.7 Å². The minimum absolute atomic E-state index is 0.0363. The van der Waals surface area contributed by atoms with E-state index in [4.69, 9.17) is 14.9 Å². The zero-order chi connectivity index (χ0) is 9.68. The van der Waals surface area contributed by atoms with E-state index in [1.807, 2.05) is 0 Å². The Balaban J connectivity index is 2.14. The highest BCUT2D eigenvalue weighted by Gasteiger charge is 2.27. The molecular weight excluding hydrogens is 173 g/mol. The molecule has 3 unspecified atom stereocenters. The van der Waals surface area contributed by atoms with Crippen LogP contribution in [0.5, 0.6) is 0 Å². The Morgan fingerprint density at radius 2 is 2.15 bits per heavy atom. The molecule has 0 spiro atoms. The van der Waals surface area contributed by atoms with Crippen LogP contribution in [0.3, 0.4) is 0 Å². The van der Waals surface area contributed by atoms with Crippen molar-refractivity contribution in [3.8, 4) is 0 Å². The van der Waals surface area contributed by atoms with Gasteiger partial charge in [-0.25, -0.2) is 0 Å². The first kappa shape index (κ1) is 10.9. The fourth-order valence-electron chi connectivity index (χ4n) is 1.35. The van der Waals surface area contributed by atoms with Crippen LogP contribution in [0.2, 0.25) is 0 Å². The predicted octanol–water partition coefficient (Wildman–Crippen LogP) is -2.00. The van der Waals surface area contributed by atoms with Crippen LogP contribution in [0.25, 0.3) is 0 Å². The molecule has 1 saturated heterocycles. The number of nitrogens with one attached hydrogen (secondary N) is 1. The first-order chi connectivity index (χ1) is 6.24. The molecule has 4 N–H and O–H groups in total. The quantitative estimate of drug-likeness (QED) is 0.303. The predicted molar refractivity (Wildman–Crippen MR) is 47.0 cm³/mol. The number of hydrogen-bond donors (Lipinski definition) is 4. The lowest BCUT2D eigenvalue weighted by molar-refractivity contribution is -0.121. The van der Waals surface area contributed by atoms with Crippen molar-refractivity contribution >= 4 is 7.62 Å². The summed E-state index contributed by atoms with van der Waals surface area (Å²) in [5.74, 6) is 0. The summed E-state index contributed by atoms with van der Waals surface area (Å²) < 4.78 is 5.26. The highest BCUT2D eigenvalue weighted by molar-refractivity contribution is 6.21. The van der Waals surface area contributed by atoms with Gasteiger partial charge in [-0.3, -0.25) is 0 Å². The van der Waals surface area contributed by atoms with Crippen LogP contribution in [-0.4, -0.2) is 54.3 Å². The van der Waals surface area contributed by atoms with Gasteiger partial charge in [-0.05, 0) is 13.0 Å². The molecule has 75 valence electrons. The second-order valence-electron chi connectivity index (χ2n) is 3.20. The summed E-state index contributed by atoms with van der Waals surface area (Å²) in [4.78, 5) is 0. The van der Waals surface area contributed by atoms with Crippen LogP contribution in [-0.2, 0) is 4.74 Å². The normalized spacial score (nSPS) is 34.5. The van der Waals surface area contributed by atoms with E-state index < -0.39 is 12.2 Å². The van der Waals surface area contributed by atoms with E-state index >= 15 is 0 Å². The fraction of sp³-hybridized carbons (Fsp3) is 1.00. The number of hydrogen-bond acceptors (Lipinski definition) is 5. The first-order valence-electron chi connectivity index (χ1n) is 4.41. The summed E-state index contributed by atoms with van der Waals surface area (Å²) in [5, 5.41) is 29.4. The maximum atomic E-state index is 9.30. The average Bonchev–Trinajstić information content (AvgIpc) is 2.12. The Kier molecular flexibility index (Phi) is 4.68. The molecular formula is C7H15BNO4. The van der Waals surface area contributed by atoms with Crippen molar-refractivity contribution in [2.45, 2.75) is 31.2 Å². The van der Waals surface area contributed by atoms with Gasteiger partial charge in [-0.15, -0.1) is 0 Å². The van der Waals surface area contributed by atoms with Gasteiger partial charge < -0.3 is 25.2 Å². The minimum Gasteiger partial charge on any atom is -0.440 e. The molecule has 1 fully saturated rings. The Hall–Kier alpha value is -0.135. The fourth-order valence-corrected chi connectivity index (χ4v) is 1.35. The SMILES string of the molecule is O[B]NCCC1CC(O)C(O)CO1. The van der Waals surface area contributed by atoms with Crippen LogP contribution >= 0.6 is 0 Å². The smallest absolute Gasteiger partial charge is 0.392 e. The number of aliphatic hydroxyl groups is 2. The van der Waals surface area contributed by atoms with Gasteiger partial charge in [0.1, 0.15) is 6.10 Å². The van der Waals surface area contributed by atoms with Crippen molar-refractivity contribution in [1.29, 1.82) is 0 Å². The molecule has 1 heterocycles. The van der Waals surface area contributed by atoms with Crippen LogP contribution in [0.15, 0.2) is 0 Å². The molecule has 1 rings (SSSR count). The largest absolute Gasteiger partial charge is 0.440 e. The van der Waals surface area contributed by atoms with E-state index in [9.17, 15) is 5.11 Å². The maximum Gasteiger partial charge on any atom is 0.392 e. The summed E-state index contributed by atoms with van der Waals surface area (Å²) >= 11 is 0. The van der Waals surface area contributed by atoms with Crippen LogP contribution in [0, 0.1) is 0 Å². The van der Waals surface area contributed by atoms with Crippen LogP contribution in [0.1, 0.15) is 12.8 Å². The van der Waals surface area contributed by atoms with Crippen LogP contribution < -0.4 is 5.23 Å². The third kappa shape index (κ3) is 3.62. The van der Waals surface area contributed by atoms with Gasteiger partial charge in [0.05, 0.1) is 18.8 Å². The summed E-state index contributed by atoms with van der Waals surface area (Å²) in [6.07, 6.45) is -0.314. The third-order valence-corrected chi connectivity index (χ3v) is 2.15. The molecule has 0 aromatic heterocycles. The van der Waals surface area contributed by atoms with Crippen LogP contribution in [0.4, 0.5) is 0 Å².